The molecule has 7 nitrogen and oxygen atoms in total. The highest BCUT2D eigenvalue weighted by atomic mass is 79.9. The Labute approximate surface area is 227 Å². The number of hydrogen-bond acceptors (Lipinski definition) is 6. The van der Waals surface area contributed by atoms with Gasteiger partial charge in [0.15, 0.2) is 11.5 Å². The number of halogens is 2. The van der Waals surface area contributed by atoms with Gasteiger partial charge in [-0.25, -0.2) is 0 Å². The van der Waals surface area contributed by atoms with E-state index in [-0.39, 0.29) is 28.6 Å². The van der Waals surface area contributed by atoms with Gasteiger partial charge in [-0.15, -0.1) is 0 Å². The van der Waals surface area contributed by atoms with Crippen LogP contribution in [0.2, 0.25) is 0 Å². The minimum atomic E-state index is -4.09. The van der Waals surface area contributed by atoms with E-state index in [1.807, 2.05) is 32.0 Å². The van der Waals surface area contributed by atoms with Gasteiger partial charge in [0.2, 0.25) is 0 Å². The third-order valence-electron chi connectivity index (χ3n) is 4.88. The zero-order chi connectivity index (χ0) is 26.5. The molecule has 186 valence electrons. The Kier molecular flexibility index (Phi) is 8.95. The maximum Gasteiger partial charge on any atom is 0.339 e. The summed E-state index contributed by atoms with van der Waals surface area (Å²) in [7, 11) is -4.09. The summed E-state index contributed by atoms with van der Waals surface area (Å²) in [5.41, 5.74) is 2.69. The van der Waals surface area contributed by atoms with Crippen LogP contribution < -0.4 is 14.2 Å². The number of nitriles is 1. The molecule has 10 heteroatoms. The van der Waals surface area contributed by atoms with Gasteiger partial charge in [-0.1, -0.05) is 23.8 Å². The standard InChI is InChI=1S/C26H22Br2N2O5S/c1-4-34-24-14-18(7-10-23(24)35-36(32,33)20-8-5-16(2)6-9-20)13-19(15-29)26(31)30-25-21(27)11-17(3)12-22(25)28/h5-14H,4H2,1-3H3,(H,30,31)/b19-13+. The van der Waals surface area contributed by atoms with Crippen LogP contribution in [0.15, 0.2) is 74.0 Å². The van der Waals surface area contributed by atoms with Crippen LogP contribution in [0.3, 0.4) is 0 Å². The molecule has 0 fully saturated rings. The van der Waals surface area contributed by atoms with E-state index in [2.05, 4.69) is 37.2 Å². The quantitative estimate of drug-likeness (QED) is 0.172. The van der Waals surface area contributed by atoms with Crippen LogP contribution in [0.5, 0.6) is 11.5 Å². The van der Waals surface area contributed by atoms with E-state index in [4.69, 9.17) is 8.92 Å². The number of carbonyl (C=O) groups excluding carboxylic acids is 1. The Bertz CT molecular complexity index is 1450. The fourth-order valence-corrected chi connectivity index (χ4v) is 5.69. The molecule has 3 aromatic rings. The van der Waals surface area contributed by atoms with Gasteiger partial charge >= 0.3 is 10.1 Å². The monoisotopic (exact) mass is 632 g/mol. The molecule has 0 unspecified atom stereocenters. The van der Waals surface area contributed by atoms with Crippen LogP contribution in [-0.2, 0) is 14.9 Å². The lowest BCUT2D eigenvalue weighted by molar-refractivity contribution is -0.112. The first-order valence-corrected chi connectivity index (χ1v) is 13.7. The fraction of sp³-hybridized carbons (Fsp3) is 0.154. The van der Waals surface area contributed by atoms with Gasteiger partial charge in [-0.05, 0) is 106 Å². The molecular weight excluding hydrogens is 612 g/mol. The van der Waals surface area contributed by atoms with Crippen molar-refractivity contribution in [1.29, 1.82) is 5.26 Å². The molecule has 0 bridgehead atoms. The minimum absolute atomic E-state index is 0.00921. The summed E-state index contributed by atoms with van der Waals surface area (Å²) >= 11 is 6.83. The van der Waals surface area contributed by atoms with E-state index in [0.717, 1.165) is 11.1 Å². The highest BCUT2D eigenvalue weighted by Gasteiger charge is 2.20. The SMILES string of the molecule is CCOc1cc(/C=C(\C#N)C(=O)Nc2c(Br)cc(C)cc2Br)ccc1OS(=O)(=O)c1ccc(C)cc1. The van der Waals surface area contributed by atoms with Gasteiger partial charge < -0.3 is 14.2 Å². The number of benzene rings is 3. The van der Waals surface area contributed by atoms with Crippen molar-refractivity contribution < 1.29 is 22.1 Å². The van der Waals surface area contributed by atoms with Crippen LogP contribution in [0, 0.1) is 25.2 Å². The number of nitrogens with one attached hydrogen (secondary N) is 1. The molecule has 0 saturated carbocycles. The second kappa shape index (κ2) is 11.7. The highest BCUT2D eigenvalue weighted by Crippen LogP contribution is 2.34. The third kappa shape index (κ3) is 6.75. The van der Waals surface area contributed by atoms with Gasteiger partial charge in [0, 0.05) is 8.95 Å². The summed E-state index contributed by atoms with van der Waals surface area (Å²) < 4.78 is 37.7. The first-order valence-electron chi connectivity index (χ1n) is 10.7. The van der Waals surface area contributed by atoms with E-state index in [9.17, 15) is 18.5 Å². The summed E-state index contributed by atoms with van der Waals surface area (Å²) in [6.45, 7) is 5.75. The Hall–Kier alpha value is -3.13. The summed E-state index contributed by atoms with van der Waals surface area (Å²) in [6, 6.07) is 16.3. The Balaban J connectivity index is 1.90. The average molecular weight is 634 g/mol. The Morgan fingerprint density at radius 3 is 2.22 bits per heavy atom. The summed E-state index contributed by atoms with van der Waals surface area (Å²) in [4.78, 5) is 12.8. The lowest BCUT2D eigenvalue weighted by Crippen LogP contribution is -2.14. The molecule has 1 amide bonds. The molecule has 0 spiro atoms. The number of anilines is 1. The van der Waals surface area contributed by atoms with Crippen molar-refractivity contribution in [3.05, 3.63) is 85.8 Å². The molecule has 0 aliphatic rings. The van der Waals surface area contributed by atoms with Crippen molar-refractivity contribution in [2.45, 2.75) is 25.7 Å². The van der Waals surface area contributed by atoms with Gasteiger partial charge in [0.05, 0.1) is 12.3 Å². The molecule has 0 aromatic heterocycles. The molecule has 0 aliphatic carbocycles. The number of hydrogen-bond donors (Lipinski definition) is 1. The van der Waals surface area contributed by atoms with Crippen LogP contribution in [0.25, 0.3) is 6.08 Å². The summed E-state index contributed by atoms with van der Waals surface area (Å²) in [6.07, 6.45) is 1.38. The fourth-order valence-electron chi connectivity index (χ4n) is 3.14. The van der Waals surface area contributed by atoms with Gasteiger partial charge in [0.1, 0.15) is 16.5 Å². The normalized spacial score (nSPS) is 11.5. The van der Waals surface area contributed by atoms with Crippen molar-refractivity contribution in [2.24, 2.45) is 0 Å². The largest absolute Gasteiger partial charge is 0.490 e. The molecule has 0 atom stereocenters. The molecular formula is C26H22Br2N2O5S. The number of ether oxygens (including phenoxy) is 1. The number of amides is 1. The first-order chi connectivity index (χ1) is 17.0. The first kappa shape index (κ1) is 27.5. The van der Waals surface area contributed by atoms with Crippen molar-refractivity contribution in [1.82, 2.24) is 0 Å². The van der Waals surface area contributed by atoms with Crippen molar-refractivity contribution in [2.75, 3.05) is 11.9 Å². The number of aryl methyl sites for hydroxylation is 2. The van der Waals surface area contributed by atoms with Crippen LogP contribution >= 0.6 is 31.9 Å². The number of rotatable bonds is 8. The topological polar surface area (TPSA) is 105 Å². The molecule has 3 aromatic carbocycles. The van der Waals surface area contributed by atoms with Gasteiger partial charge in [-0.2, -0.15) is 13.7 Å². The Morgan fingerprint density at radius 2 is 1.64 bits per heavy atom. The molecule has 36 heavy (non-hydrogen) atoms. The highest BCUT2D eigenvalue weighted by molar-refractivity contribution is 9.11. The number of nitrogens with zero attached hydrogens (tertiary/aromatic N) is 1. The van der Waals surface area contributed by atoms with E-state index in [0.29, 0.717) is 20.2 Å². The van der Waals surface area contributed by atoms with Crippen LogP contribution in [0.1, 0.15) is 23.6 Å². The van der Waals surface area contributed by atoms with E-state index >= 15 is 0 Å². The van der Waals surface area contributed by atoms with E-state index in [1.165, 1.54) is 36.4 Å². The smallest absolute Gasteiger partial charge is 0.339 e. The summed E-state index contributed by atoms with van der Waals surface area (Å²) in [5, 5.41) is 12.3. The molecule has 3 rings (SSSR count). The van der Waals surface area contributed by atoms with Crippen LogP contribution in [0.4, 0.5) is 5.69 Å². The van der Waals surface area contributed by atoms with Crippen molar-refractivity contribution >= 4 is 59.6 Å². The molecule has 0 saturated heterocycles. The van der Waals surface area contributed by atoms with Crippen LogP contribution in [-0.4, -0.2) is 20.9 Å². The maximum atomic E-state index is 12.8. The van der Waals surface area contributed by atoms with Crippen molar-refractivity contribution in [3.8, 4) is 17.6 Å². The lowest BCUT2D eigenvalue weighted by Gasteiger charge is -2.13. The van der Waals surface area contributed by atoms with Gasteiger partial charge in [-0.3, -0.25) is 4.79 Å². The second-order valence-electron chi connectivity index (χ2n) is 7.72. The van der Waals surface area contributed by atoms with E-state index in [1.54, 1.807) is 19.1 Å². The molecule has 0 aliphatic heterocycles. The van der Waals surface area contributed by atoms with Gasteiger partial charge in [0.25, 0.3) is 5.91 Å². The average Bonchev–Trinajstić information content (AvgIpc) is 2.81. The van der Waals surface area contributed by atoms with Crippen molar-refractivity contribution in [3.63, 3.8) is 0 Å². The zero-order valence-electron chi connectivity index (χ0n) is 19.6. The molecule has 0 heterocycles. The third-order valence-corrected chi connectivity index (χ3v) is 7.38. The Morgan fingerprint density at radius 1 is 1.00 bits per heavy atom. The number of carbonyl (C=O) groups is 1. The second-order valence-corrected chi connectivity index (χ2v) is 11.0. The summed E-state index contributed by atoms with van der Waals surface area (Å²) in [5.74, 6) is -0.461. The lowest BCUT2D eigenvalue weighted by atomic mass is 10.1. The predicted molar refractivity (Wildman–Crippen MR) is 145 cm³/mol. The molecule has 1 N–H and O–H groups in total. The predicted octanol–water partition coefficient (Wildman–Crippen LogP) is 6.54. The molecule has 0 radical (unpaired) electrons. The maximum absolute atomic E-state index is 12.8. The zero-order valence-corrected chi connectivity index (χ0v) is 23.6. The van der Waals surface area contributed by atoms with E-state index < -0.39 is 16.0 Å². The minimum Gasteiger partial charge on any atom is -0.490 e.